The molecule has 1 atom stereocenters. The summed E-state index contributed by atoms with van der Waals surface area (Å²) in [7, 11) is 0. The number of benzene rings is 2. The lowest BCUT2D eigenvalue weighted by atomic mass is 9.94. The molecule has 1 aliphatic rings. The van der Waals surface area contributed by atoms with Crippen molar-refractivity contribution in [2.45, 2.75) is 45.8 Å². The van der Waals surface area contributed by atoms with Gasteiger partial charge in [-0.25, -0.2) is 0 Å². The van der Waals surface area contributed by atoms with E-state index in [4.69, 9.17) is 9.15 Å². The Kier molecular flexibility index (Phi) is 6.61. The zero-order valence-electron chi connectivity index (χ0n) is 18.8. The lowest BCUT2D eigenvalue weighted by Gasteiger charge is -2.27. The summed E-state index contributed by atoms with van der Waals surface area (Å²) in [5.74, 6) is -0.873. The molecule has 3 aromatic rings. The second kappa shape index (κ2) is 9.43. The number of ether oxygens (including phenoxy) is 1. The highest BCUT2D eigenvalue weighted by atomic mass is 79.9. The van der Waals surface area contributed by atoms with Crippen LogP contribution in [0.5, 0.6) is 5.75 Å². The van der Waals surface area contributed by atoms with Crippen molar-refractivity contribution in [2.24, 2.45) is 0 Å². The van der Waals surface area contributed by atoms with Crippen LogP contribution in [-0.2, 0) is 4.79 Å². The highest BCUT2D eigenvalue weighted by molar-refractivity contribution is 9.10. The monoisotopic (exact) mass is 511 g/mol. The third-order valence-corrected chi connectivity index (χ3v) is 6.04. The molecule has 4 rings (SSSR count). The number of carbonyl (C=O) groups is 2. The lowest BCUT2D eigenvalue weighted by molar-refractivity contribution is -0.129. The second-order valence-corrected chi connectivity index (χ2v) is 9.29. The van der Waals surface area contributed by atoms with Gasteiger partial charge in [0.2, 0.25) is 5.78 Å². The number of rotatable bonds is 8. The van der Waals surface area contributed by atoms with E-state index in [1.165, 1.54) is 0 Å². The summed E-state index contributed by atoms with van der Waals surface area (Å²) < 4.78 is 12.5. The minimum Gasteiger partial charge on any atom is -0.503 e. The quantitative estimate of drug-likeness (QED) is 0.355. The van der Waals surface area contributed by atoms with Crippen molar-refractivity contribution in [1.29, 1.82) is 0 Å². The number of aliphatic hydroxyl groups excluding tert-OH is 1. The van der Waals surface area contributed by atoms with Crippen LogP contribution in [0.25, 0.3) is 11.0 Å². The van der Waals surface area contributed by atoms with Gasteiger partial charge in [-0.1, -0.05) is 41.4 Å². The summed E-state index contributed by atoms with van der Waals surface area (Å²) in [5.41, 5.74) is 1.28. The van der Waals surface area contributed by atoms with E-state index in [0.717, 1.165) is 22.7 Å². The van der Waals surface area contributed by atoms with E-state index in [1.807, 2.05) is 57.2 Å². The van der Waals surface area contributed by atoms with E-state index in [2.05, 4.69) is 15.9 Å². The van der Waals surface area contributed by atoms with Crippen LogP contribution in [-0.4, -0.2) is 34.3 Å². The molecule has 2 heterocycles. The van der Waals surface area contributed by atoms with E-state index >= 15 is 0 Å². The fraction of sp³-hybridized carbons (Fsp3) is 0.308. The lowest BCUT2D eigenvalue weighted by Crippen LogP contribution is -2.32. The Bertz CT molecular complexity index is 1240. The smallest absolute Gasteiger partial charge is 0.290 e. The van der Waals surface area contributed by atoms with Crippen LogP contribution in [0.15, 0.2) is 68.8 Å². The van der Waals surface area contributed by atoms with Crippen molar-refractivity contribution in [3.63, 3.8) is 0 Å². The summed E-state index contributed by atoms with van der Waals surface area (Å²) >= 11 is 3.42. The van der Waals surface area contributed by atoms with Crippen LogP contribution in [0.3, 0.4) is 0 Å². The molecule has 1 N–H and O–H groups in total. The maximum atomic E-state index is 13.6. The zero-order valence-corrected chi connectivity index (χ0v) is 20.4. The maximum absolute atomic E-state index is 13.6. The summed E-state index contributed by atoms with van der Waals surface area (Å²) in [6.45, 7) is 6.31. The van der Waals surface area contributed by atoms with Crippen molar-refractivity contribution in [2.75, 3.05) is 6.54 Å². The molecule has 0 bridgehead atoms. The van der Waals surface area contributed by atoms with Crippen molar-refractivity contribution in [1.82, 2.24) is 4.90 Å². The van der Waals surface area contributed by atoms with E-state index in [9.17, 15) is 14.7 Å². The SMILES string of the molecule is CCCCN1C(=O)C(O)=C(C(=O)c2cc3cc(Br)ccc3o2)C1c1cccc(OC(C)C)c1. The number of amides is 1. The summed E-state index contributed by atoms with van der Waals surface area (Å²) in [4.78, 5) is 28.2. The number of furan rings is 1. The van der Waals surface area contributed by atoms with Gasteiger partial charge < -0.3 is 19.2 Å². The molecular formula is C26H26BrNO5. The topological polar surface area (TPSA) is 80.0 Å². The fourth-order valence-corrected chi connectivity index (χ4v) is 4.46. The van der Waals surface area contributed by atoms with Crippen molar-refractivity contribution < 1.29 is 23.8 Å². The van der Waals surface area contributed by atoms with E-state index in [1.54, 1.807) is 17.0 Å². The fourth-order valence-electron chi connectivity index (χ4n) is 4.08. The first-order valence-electron chi connectivity index (χ1n) is 11.0. The Morgan fingerprint density at radius 1 is 1.21 bits per heavy atom. The minimum absolute atomic E-state index is 0.0240. The highest BCUT2D eigenvalue weighted by Crippen LogP contribution is 2.40. The summed E-state index contributed by atoms with van der Waals surface area (Å²) in [6.07, 6.45) is 1.59. The summed E-state index contributed by atoms with van der Waals surface area (Å²) in [5, 5.41) is 11.6. The number of nitrogens with zero attached hydrogens (tertiary/aromatic N) is 1. The predicted octanol–water partition coefficient (Wildman–Crippen LogP) is 6.36. The van der Waals surface area contributed by atoms with Crippen LogP contribution in [0.1, 0.15) is 55.8 Å². The molecule has 1 aromatic heterocycles. The number of hydrogen-bond donors (Lipinski definition) is 1. The van der Waals surface area contributed by atoms with Crippen LogP contribution in [0.4, 0.5) is 0 Å². The molecule has 0 fully saturated rings. The third-order valence-electron chi connectivity index (χ3n) is 5.55. The molecule has 1 amide bonds. The second-order valence-electron chi connectivity index (χ2n) is 8.38. The summed E-state index contributed by atoms with van der Waals surface area (Å²) in [6, 6.07) is 13.7. The molecule has 33 heavy (non-hydrogen) atoms. The molecule has 2 aromatic carbocycles. The molecule has 0 saturated heterocycles. The van der Waals surface area contributed by atoms with Gasteiger partial charge in [0.25, 0.3) is 5.91 Å². The predicted molar refractivity (Wildman–Crippen MR) is 129 cm³/mol. The molecule has 6 nitrogen and oxygen atoms in total. The van der Waals surface area contributed by atoms with Crippen molar-refractivity contribution in [3.05, 3.63) is 75.7 Å². The Morgan fingerprint density at radius 2 is 2.00 bits per heavy atom. The highest BCUT2D eigenvalue weighted by Gasteiger charge is 2.44. The van der Waals surface area contributed by atoms with Crippen molar-refractivity contribution >= 4 is 38.6 Å². The van der Waals surface area contributed by atoms with Crippen LogP contribution in [0.2, 0.25) is 0 Å². The van der Waals surface area contributed by atoms with Crippen LogP contribution >= 0.6 is 15.9 Å². The number of unbranched alkanes of at least 4 members (excludes halogenated alkanes) is 1. The van der Waals surface area contributed by atoms with Crippen LogP contribution < -0.4 is 4.74 Å². The van der Waals surface area contributed by atoms with Gasteiger partial charge in [0.1, 0.15) is 11.3 Å². The number of ketones is 1. The van der Waals surface area contributed by atoms with Gasteiger partial charge in [-0.3, -0.25) is 9.59 Å². The molecule has 172 valence electrons. The molecule has 0 saturated carbocycles. The Labute approximate surface area is 201 Å². The van der Waals surface area contributed by atoms with Gasteiger partial charge in [-0.15, -0.1) is 0 Å². The largest absolute Gasteiger partial charge is 0.503 e. The first kappa shape index (κ1) is 23.1. The van der Waals surface area contributed by atoms with Gasteiger partial charge >= 0.3 is 0 Å². The van der Waals surface area contributed by atoms with Gasteiger partial charge in [0.15, 0.2) is 11.5 Å². The normalized spacial score (nSPS) is 16.3. The number of fused-ring (bicyclic) bond motifs is 1. The third kappa shape index (κ3) is 4.55. The first-order valence-corrected chi connectivity index (χ1v) is 11.8. The Hall–Kier alpha value is -3.06. The average molecular weight is 512 g/mol. The van der Waals surface area contributed by atoms with E-state index in [-0.39, 0.29) is 17.4 Å². The van der Waals surface area contributed by atoms with Gasteiger partial charge in [0, 0.05) is 16.4 Å². The number of aliphatic hydroxyl groups is 1. The number of carbonyl (C=O) groups excluding carboxylic acids is 2. The maximum Gasteiger partial charge on any atom is 0.290 e. The zero-order chi connectivity index (χ0) is 23.7. The molecule has 1 aliphatic heterocycles. The molecule has 1 unspecified atom stereocenters. The van der Waals surface area contributed by atoms with Gasteiger partial charge in [-0.2, -0.15) is 0 Å². The van der Waals surface area contributed by atoms with Gasteiger partial charge in [-0.05, 0) is 62.2 Å². The molecule has 0 radical (unpaired) electrons. The number of Topliss-reactive ketones (excluding diaryl/α,β-unsaturated/α-hetero) is 1. The molecule has 0 aliphatic carbocycles. The minimum atomic E-state index is -0.729. The molecule has 0 spiro atoms. The Balaban J connectivity index is 1.79. The first-order chi connectivity index (χ1) is 15.8. The number of hydrogen-bond acceptors (Lipinski definition) is 5. The average Bonchev–Trinajstić information content (AvgIpc) is 3.30. The van der Waals surface area contributed by atoms with E-state index < -0.39 is 23.5 Å². The Morgan fingerprint density at radius 3 is 2.73 bits per heavy atom. The van der Waals surface area contributed by atoms with E-state index in [0.29, 0.717) is 23.4 Å². The van der Waals surface area contributed by atoms with Gasteiger partial charge in [0.05, 0.1) is 17.7 Å². The standard InChI is InChI=1S/C26H26BrNO5/c1-4-5-11-28-23(16-7-6-8-19(13-16)32-15(2)3)22(25(30)26(28)31)24(29)21-14-17-12-18(27)9-10-20(17)33-21/h6-10,12-15,23,30H,4-5,11H2,1-3H3. The van der Waals surface area contributed by atoms with Crippen LogP contribution in [0, 0.1) is 0 Å². The van der Waals surface area contributed by atoms with Crippen molar-refractivity contribution in [3.8, 4) is 5.75 Å². The molecule has 7 heteroatoms. The molecular weight excluding hydrogens is 486 g/mol. The number of halogens is 1.